The van der Waals surface area contributed by atoms with Crippen molar-refractivity contribution in [2.45, 2.75) is 0 Å². The first-order chi connectivity index (χ1) is 6.27. The fourth-order valence-electron chi connectivity index (χ4n) is 0.971. The molecule has 3 N–H and O–H groups in total. The van der Waals surface area contributed by atoms with Gasteiger partial charge in [0, 0.05) is 0 Å². The van der Waals surface area contributed by atoms with Crippen LogP contribution in [-0.2, 0) is 0 Å². The van der Waals surface area contributed by atoms with Crippen LogP contribution in [0.15, 0.2) is 33.7 Å². The molecule has 0 fully saturated rings. The third-order valence-corrected chi connectivity index (χ3v) is 1.61. The molecule has 0 aliphatic rings. The number of aromatic nitrogens is 2. The van der Waals surface area contributed by atoms with Gasteiger partial charge in [-0.2, -0.15) is 5.10 Å². The summed E-state index contributed by atoms with van der Waals surface area (Å²) in [5.74, 6) is 0.572. The SMILES string of the molecule is Nc1cc(-c2ccco2)n[nH]c1=O. The number of nitrogen functional groups attached to an aromatic ring is 1. The molecule has 0 spiro atoms. The van der Waals surface area contributed by atoms with E-state index in [-0.39, 0.29) is 5.69 Å². The number of nitrogens with zero attached hydrogens (tertiary/aromatic N) is 1. The largest absolute Gasteiger partial charge is 0.463 e. The van der Waals surface area contributed by atoms with Gasteiger partial charge in [-0.3, -0.25) is 4.79 Å². The number of furan rings is 1. The van der Waals surface area contributed by atoms with Gasteiger partial charge in [-0.1, -0.05) is 0 Å². The minimum atomic E-state index is -0.393. The van der Waals surface area contributed by atoms with Gasteiger partial charge in [0.15, 0.2) is 5.76 Å². The Hall–Kier alpha value is -2.04. The first-order valence-corrected chi connectivity index (χ1v) is 3.66. The lowest BCUT2D eigenvalue weighted by Gasteiger charge is -1.95. The molecule has 5 nitrogen and oxygen atoms in total. The van der Waals surface area contributed by atoms with E-state index in [9.17, 15) is 4.79 Å². The van der Waals surface area contributed by atoms with E-state index in [0.29, 0.717) is 11.5 Å². The summed E-state index contributed by atoms with van der Waals surface area (Å²) in [6.07, 6.45) is 1.53. The van der Waals surface area contributed by atoms with Gasteiger partial charge in [0.2, 0.25) is 0 Å². The predicted octanol–water partition coefficient (Wildman–Crippen LogP) is 0.612. The molecule has 0 amide bonds. The highest BCUT2D eigenvalue weighted by molar-refractivity contribution is 5.56. The Labute approximate surface area is 73.2 Å². The van der Waals surface area contributed by atoms with Crippen molar-refractivity contribution < 1.29 is 4.42 Å². The quantitative estimate of drug-likeness (QED) is 0.668. The normalized spacial score (nSPS) is 10.2. The van der Waals surface area contributed by atoms with Crippen LogP contribution in [0.1, 0.15) is 0 Å². The van der Waals surface area contributed by atoms with E-state index in [1.807, 2.05) is 0 Å². The average molecular weight is 177 g/mol. The van der Waals surface area contributed by atoms with Crippen molar-refractivity contribution in [2.24, 2.45) is 0 Å². The monoisotopic (exact) mass is 177 g/mol. The van der Waals surface area contributed by atoms with Crippen LogP contribution >= 0.6 is 0 Å². The molecule has 0 saturated heterocycles. The number of hydrogen-bond donors (Lipinski definition) is 2. The van der Waals surface area contributed by atoms with Gasteiger partial charge in [0.05, 0.1) is 6.26 Å². The van der Waals surface area contributed by atoms with Crippen molar-refractivity contribution in [2.75, 3.05) is 5.73 Å². The Morgan fingerprint density at radius 1 is 1.54 bits per heavy atom. The molecule has 5 heteroatoms. The topological polar surface area (TPSA) is 84.9 Å². The molecular weight excluding hydrogens is 170 g/mol. The second-order valence-electron chi connectivity index (χ2n) is 2.51. The minimum absolute atomic E-state index is 0.126. The summed E-state index contributed by atoms with van der Waals surface area (Å²) in [5, 5.41) is 6.04. The lowest BCUT2D eigenvalue weighted by Crippen LogP contribution is -2.13. The third-order valence-electron chi connectivity index (χ3n) is 1.61. The van der Waals surface area contributed by atoms with Gasteiger partial charge >= 0.3 is 0 Å². The Kier molecular flexibility index (Phi) is 1.63. The fraction of sp³-hybridized carbons (Fsp3) is 0. The van der Waals surface area contributed by atoms with E-state index < -0.39 is 5.56 Å². The molecule has 66 valence electrons. The Morgan fingerprint density at radius 3 is 3.00 bits per heavy atom. The fourth-order valence-corrected chi connectivity index (χ4v) is 0.971. The summed E-state index contributed by atoms with van der Waals surface area (Å²) in [6, 6.07) is 4.94. The zero-order valence-corrected chi connectivity index (χ0v) is 6.65. The van der Waals surface area contributed by atoms with Crippen LogP contribution in [0, 0.1) is 0 Å². The molecule has 0 aromatic carbocycles. The Balaban J connectivity index is 2.55. The zero-order valence-electron chi connectivity index (χ0n) is 6.65. The van der Waals surface area contributed by atoms with Gasteiger partial charge in [0.1, 0.15) is 11.4 Å². The lowest BCUT2D eigenvalue weighted by atomic mass is 10.3. The molecule has 2 heterocycles. The number of H-pyrrole nitrogens is 1. The van der Waals surface area contributed by atoms with Crippen molar-refractivity contribution >= 4 is 5.69 Å². The molecule has 0 saturated carbocycles. The summed E-state index contributed by atoms with van der Waals surface area (Å²) in [7, 11) is 0. The predicted molar refractivity (Wildman–Crippen MR) is 47.0 cm³/mol. The van der Waals surface area contributed by atoms with Crippen molar-refractivity contribution in [1.29, 1.82) is 0 Å². The van der Waals surface area contributed by atoms with Crippen molar-refractivity contribution in [1.82, 2.24) is 10.2 Å². The number of anilines is 1. The van der Waals surface area contributed by atoms with Crippen LogP contribution in [0.2, 0.25) is 0 Å². The number of nitrogens with two attached hydrogens (primary N) is 1. The highest BCUT2D eigenvalue weighted by Crippen LogP contribution is 2.16. The molecule has 0 aliphatic carbocycles. The van der Waals surface area contributed by atoms with Crippen molar-refractivity contribution in [3.63, 3.8) is 0 Å². The molecule has 0 atom stereocenters. The van der Waals surface area contributed by atoms with Crippen LogP contribution in [0.4, 0.5) is 5.69 Å². The minimum Gasteiger partial charge on any atom is -0.463 e. The summed E-state index contributed by atoms with van der Waals surface area (Å²) >= 11 is 0. The first-order valence-electron chi connectivity index (χ1n) is 3.66. The maximum atomic E-state index is 10.9. The smallest absolute Gasteiger partial charge is 0.287 e. The van der Waals surface area contributed by atoms with Crippen LogP contribution < -0.4 is 11.3 Å². The Morgan fingerprint density at radius 2 is 2.38 bits per heavy atom. The van der Waals surface area contributed by atoms with E-state index in [1.54, 1.807) is 12.1 Å². The molecule has 0 bridgehead atoms. The van der Waals surface area contributed by atoms with Gasteiger partial charge in [-0.05, 0) is 18.2 Å². The maximum Gasteiger partial charge on any atom is 0.287 e. The number of aromatic amines is 1. The molecule has 0 unspecified atom stereocenters. The summed E-state index contributed by atoms with van der Waals surface area (Å²) < 4.78 is 5.07. The molecule has 2 aromatic rings. The number of hydrogen-bond acceptors (Lipinski definition) is 4. The van der Waals surface area contributed by atoms with Crippen molar-refractivity contribution in [3.05, 3.63) is 34.8 Å². The molecule has 2 rings (SSSR count). The van der Waals surface area contributed by atoms with E-state index in [0.717, 1.165) is 0 Å². The average Bonchev–Trinajstić information content (AvgIpc) is 2.62. The van der Waals surface area contributed by atoms with Crippen LogP contribution in [0.25, 0.3) is 11.5 Å². The second-order valence-corrected chi connectivity index (χ2v) is 2.51. The summed E-state index contributed by atoms with van der Waals surface area (Å²) in [5.41, 5.74) is 5.65. The van der Waals surface area contributed by atoms with E-state index in [4.69, 9.17) is 10.2 Å². The van der Waals surface area contributed by atoms with Crippen LogP contribution in [-0.4, -0.2) is 10.2 Å². The lowest BCUT2D eigenvalue weighted by molar-refractivity contribution is 0.578. The summed E-state index contributed by atoms with van der Waals surface area (Å²) in [6.45, 7) is 0. The second kappa shape index (κ2) is 2.78. The highest BCUT2D eigenvalue weighted by Gasteiger charge is 2.03. The van der Waals surface area contributed by atoms with Gasteiger partial charge in [-0.15, -0.1) is 0 Å². The maximum absolute atomic E-state index is 10.9. The first kappa shape index (κ1) is 7.60. The molecule has 13 heavy (non-hydrogen) atoms. The zero-order chi connectivity index (χ0) is 9.26. The van der Waals surface area contributed by atoms with Gasteiger partial charge in [0.25, 0.3) is 5.56 Å². The molecular formula is C8H7N3O2. The molecule has 2 aromatic heterocycles. The standard InChI is InChI=1S/C8H7N3O2/c9-5-4-6(10-11-8(5)12)7-2-1-3-13-7/h1-4H,(H2,9,10)(H,11,12). The third kappa shape index (κ3) is 1.31. The Bertz CT molecular complexity index is 458. The number of rotatable bonds is 1. The van der Waals surface area contributed by atoms with Crippen molar-refractivity contribution in [3.8, 4) is 11.5 Å². The van der Waals surface area contributed by atoms with Gasteiger partial charge in [-0.25, -0.2) is 5.10 Å². The molecule has 0 radical (unpaired) electrons. The van der Waals surface area contributed by atoms with E-state index in [1.165, 1.54) is 12.3 Å². The van der Waals surface area contributed by atoms with Gasteiger partial charge < -0.3 is 10.2 Å². The van der Waals surface area contributed by atoms with Crippen LogP contribution in [0.5, 0.6) is 0 Å². The van der Waals surface area contributed by atoms with Crippen LogP contribution in [0.3, 0.4) is 0 Å². The highest BCUT2D eigenvalue weighted by atomic mass is 16.3. The van der Waals surface area contributed by atoms with E-state index in [2.05, 4.69) is 10.2 Å². The van der Waals surface area contributed by atoms with E-state index >= 15 is 0 Å². The summed E-state index contributed by atoms with van der Waals surface area (Å²) in [4.78, 5) is 10.9. The number of nitrogens with one attached hydrogen (secondary N) is 1. The molecule has 0 aliphatic heterocycles.